The standard InChI is InChI=1S/C16H17BrClFN2/c1-10(11-7-8-14(19)12(17)9-11)20-15-6-4-5-13(18)16(15)21(2)3/h4-10,20H,1-3H3. The number of para-hydroxylation sites is 1. The van der Waals surface area contributed by atoms with Gasteiger partial charge in [-0.15, -0.1) is 0 Å². The van der Waals surface area contributed by atoms with E-state index in [2.05, 4.69) is 21.2 Å². The Balaban J connectivity index is 2.29. The Morgan fingerprint density at radius 1 is 1.24 bits per heavy atom. The normalized spacial score (nSPS) is 12.1. The summed E-state index contributed by atoms with van der Waals surface area (Å²) >= 11 is 9.48. The minimum Gasteiger partial charge on any atom is -0.377 e. The fourth-order valence-electron chi connectivity index (χ4n) is 2.18. The first-order valence-electron chi connectivity index (χ1n) is 6.57. The maximum atomic E-state index is 13.3. The molecule has 2 rings (SSSR count). The molecule has 1 unspecified atom stereocenters. The Morgan fingerprint density at radius 2 is 1.95 bits per heavy atom. The molecule has 112 valence electrons. The van der Waals surface area contributed by atoms with Crippen molar-refractivity contribution < 1.29 is 4.39 Å². The summed E-state index contributed by atoms with van der Waals surface area (Å²) in [5.41, 5.74) is 2.88. The summed E-state index contributed by atoms with van der Waals surface area (Å²) in [4.78, 5) is 1.97. The fourth-order valence-corrected chi connectivity index (χ4v) is 2.92. The van der Waals surface area contributed by atoms with Crippen molar-refractivity contribution in [1.29, 1.82) is 0 Å². The van der Waals surface area contributed by atoms with Gasteiger partial charge in [0, 0.05) is 20.1 Å². The zero-order valence-corrected chi connectivity index (χ0v) is 14.5. The summed E-state index contributed by atoms with van der Waals surface area (Å²) < 4.78 is 13.8. The summed E-state index contributed by atoms with van der Waals surface area (Å²) in [5.74, 6) is -0.261. The third kappa shape index (κ3) is 3.69. The number of nitrogens with zero attached hydrogens (tertiary/aromatic N) is 1. The maximum Gasteiger partial charge on any atom is 0.137 e. The van der Waals surface area contributed by atoms with Gasteiger partial charge >= 0.3 is 0 Å². The van der Waals surface area contributed by atoms with E-state index in [1.807, 2.05) is 44.1 Å². The zero-order chi connectivity index (χ0) is 15.6. The number of halogens is 3. The van der Waals surface area contributed by atoms with Crippen molar-refractivity contribution in [2.45, 2.75) is 13.0 Å². The van der Waals surface area contributed by atoms with Gasteiger partial charge in [0.1, 0.15) is 5.82 Å². The van der Waals surface area contributed by atoms with E-state index in [0.29, 0.717) is 9.50 Å². The highest BCUT2D eigenvalue weighted by Gasteiger charge is 2.13. The highest BCUT2D eigenvalue weighted by atomic mass is 79.9. The lowest BCUT2D eigenvalue weighted by Gasteiger charge is -2.23. The van der Waals surface area contributed by atoms with Crippen molar-refractivity contribution in [3.8, 4) is 0 Å². The van der Waals surface area contributed by atoms with Crippen molar-refractivity contribution in [1.82, 2.24) is 0 Å². The molecular formula is C16H17BrClFN2. The molecule has 2 aromatic carbocycles. The van der Waals surface area contributed by atoms with Crippen LogP contribution < -0.4 is 10.2 Å². The van der Waals surface area contributed by atoms with Crippen molar-refractivity contribution in [3.63, 3.8) is 0 Å². The summed E-state index contributed by atoms with van der Waals surface area (Å²) in [5, 5.41) is 4.12. The van der Waals surface area contributed by atoms with Crippen LogP contribution in [-0.2, 0) is 0 Å². The van der Waals surface area contributed by atoms with E-state index >= 15 is 0 Å². The minimum absolute atomic E-state index is 0.0269. The highest BCUT2D eigenvalue weighted by Crippen LogP contribution is 2.35. The Kier molecular flexibility index (Phi) is 5.12. The molecule has 0 aliphatic carbocycles. The maximum absolute atomic E-state index is 13.3. The predicted octanol–water partition coefficient (Wildman–Crippen LogP) is 5.48. The van der Waals surface area contributed by atoms with Gasteiger partial charge in [0.15, 0.2) is 0 Å². The SMILES string of the molecule is CC(Nc1cccc(Cl)c1N(C)C)c1ccc(F)c(Br)c1. The summed E-state index contributed by atoms with van der Waals surface area (Å²) in [6.07, 6.45) is 0. The quantitative estimate of drug-likeness (QED) is 0.765. The molecule has 0 saturated carbocycles. The topological polar surface area (TPSA) is 15.3 Å². The van der Waals surface area contributed by atoms with Gasteiger partial charge in [-0.25, -0.2) is 4.39 Å². The van der Waals surface area contributed by atoms with E-state index in [1.54, 1.807) is 12.1 Å². The Morgan fingerprint density at radius 3 is 2.57 bits per heavy atom. The van der Waals surface area contributed by atoms with E-state index in [4.69, 9.17) is 11.6 Å². The van der Waals surface area contributed by atoms with Crippen LogP contribution in [0.2, 0.25) is 5.02 Å². The molecule has 0 aliphatic rings. The Bertz CT molecular complexity index is 646. The number of benzene rings is 2. The van der Waals surface area contributed by atoms with Crippen LogP contribution in [0.5, 0.6) is 0 Å². The molecule has 5 heteroatoms. The van der Waals surface area contributed by atoms with Crippen LogP contribution in [0.4, 0.5) is 15.8 Å². The second kappa shape index (κ2) is 6.67. The average molecular weight is 372 g/mol. The van der Waals surface area contributed by atoms with E-state index in [1.165, 1.54) is 6.07 Å². The molecule has 21 heavy (non-hydrogen) atoms. The number of anilines is 2. The molecule has 2 nitrogen and oxygen atoms in total. The molecule has 0 fully saturated rings. The van der Waals surface area contributed by atoms with Gasteiger partial charge in [-0.3, -0.25) is 0 Å². The first kappa shape index (κ1) is 16.1. The van der Waals surface area contributed by atoms with Crippen LogP contribution in [0.25, 0.3) is 0 Å². The summed E-state index contributed by atoms with van der Waals surface area (Å²) in [6, 6.07) is 10.8. The molecule has 0 bridgehead atoms. The first-order valence-corrected chi connectivity index (χ1v) is 7.74. The molecule has 1 atom stereocenters. The van der Waals surface area contributed by atoms with Crippen molar-refractivity contribution in [2.24, 2.45) is 0 Å². The third-order valence-electron chi connectivity index (χ3n) is 3.25. The van der Waals surface area contributed by atoms with Gasteiger partial charge in [0.05, 0.1) is 20.9 Å². The third-order valence-corrected chi connectivity index (χ3v) is 4.16. The average Bonchev–Trinajstić information content (AvgIpc) is 2.41. The predicted molar refractivity (Wildman–Crippen MR) is 91.9 cm³/mol. The number of hydrogen-bond donors (Lipinski definition) is 1. The largest absolute Gasteiger partial charge is 0.377 e. The molecule has 1 N–H and O–H groups in total. The number of nitrogens with one attached hydrogen (secondary N) is 1. The van der Waals surface area contributed by atoms with E-state index in [-0.39, 0.29) is 11.9 Å². The van der Waals surface area contributed by atoms with Gasteiger partial charge in [-0.1, -0.05) is 23.7 Å². The van der Waals surface area contributed by atoms with Crippen LogP contribution in [0.1, 0.15) is 18.5 Å². The lowest BCUT2D eigenvalue weighted by molar-refractivity contribution is 0.619. The van der Waals surface area contributed by atoms with Crippen LogP contribution in [0.15, 0.2) is 40.9 Å². The lowest BCUT2D eigenvalue weighted by Crippen LogP contribution is -2.14. The number of rotatable bonds is 4. The minimum atomic E-state index is -0.261. The summed E-state index contributed by atoms with van der Waals surface area (Å²) in [7, 11) is 3.90. The van der Waals surface area contributed by atoms with Gasteiger partial charge in [0.2, 0.25) is 0 Å². The number of hydrogen-bond acceptors (Lipinski definition) is 2. The lowest BCUT2D eigenvalue weighted by atomic mass is 10.1. The summed E-state index contributed by atoms with van der Waals surface area (Å²) in [6.45, 7) is 2.03. The smallest absolute Gasteiger partial charge is 0.137 e. The molecule has 0 heterocycles. The molecule has 0 aromatic heterocycles. The molecule has 0 saturated heterocycles. The van der Waals surface area contributed by atoms with Crippen LogP contribution in [-0.4, -0.2) is 14.1 Å². The monoisotopic (exact) mass is 370 g/mol. The van der Waals surface area contributed by atoms with Crippen LogP contribution >= 0.6 is 27.5 Å². The van der Waals surface area contributed by atoms with E-state index < -0.39 is 0 Å². The van der Waals surface area contributed by atoms with Crippen LogP contribution in [0, 0.1) is 5.82 Å². The molecule has 2 aromatic rings. The highest BCUT2D eigenvalue weighted by molar-refractivity contribution is 9.10. The van der Waals surface area contributed by atoms with Crippen molar-refractivity contribution in [3.05, 3.63) is 57.3 Å². The van der Waals surface area contributed by atoms with E-state index in [0.717, 1.165) is 16.9 Å². The van der Waals surface area contributed by atoms with E-state index in [9.17, 15) is 4.39 Å². The van der Waals surface area contributed by atoms with Crippen molar-refractivity contribution in [2.75, 3.05) is 24.3 Å². The Hall–Kier alpha value is -1.26. The first-order chi connectivity index (χ1) is 9.90. The molecular weight excluding hydrogens is 355 g/mol. The van der Waals surface area contributed by atoms with Gasteiger partial charge in [0.25, 0.3) is 0 Å². The molecule has 0 radical (unpaired) electrons. The molecule has 0 amide bonds. The molecule has 0 aliphatic heterocycles. The van der Waals surface area contributed by atoms with Gasteiger partial charge in [-0.05, 0) is 52.7 Å². The second-order valence-corrected chi connectivity index (χ2v) is 6.33. The second-order valence-electron chi connectivity index (χ2n) is 5.07. The molecule has 0 spiro atoms. The van der Waals surface area contributed by atoms with Gasteiger partial charge < -0.3 is 10.2 Å². The van der Waals surface area contributed by atoms with Gasteiger partial charge in [-0.2, -0.15) is 0 Å². The van der Waals surface area contributed by atoms with Crippen molar-refractivity contribution >= 4 is 38.9 Å². The zero-order valence-electron chi connectivity index (χ0n) is 12.1. The Labute approximate surface area is 138 Å². The fraction of sp³-hybridized carbons (Fsp3) is 0.250. The van der Waals surface area contributed by atoms with Crippen LogP contribution in [0.3, 0.4) is 0 Å².